The molecule has 1 aromatic heterocycles. The van der Waals surface area contributed by atoms with Crippen LogP contribution in [0.25, 0.3) is 0 Å². The van der Waals surface area contributed by atoms with Gasteiger partial charge in [0.05, 0.1) is 5.54 Å². The summed E-state index contributed by atoms with van der Waals surface area (Å²) in [5, 5.41) is 0.672. The Balaban J connectivity index is 1.95. The minimum atomic E-state index is -0.196. The summed E-state index contributed by atoms with van der Waals surface area (Å²) in [7, 11) is 0. The maximum absolute atomic E-state index is 5.94. The Morgan fingerprint density at radius 2 is 1.82 bits per heavy atom. The molecular weight excluding hydrogens is 321 g/mol. The van der Waals surface area contributed by atoms with E-state index < -0.39 is 0 Å². The Kier molecular flexibility index (Phi) is 4.06. The second-order valence-electron chi connectivity index (χ2n) is 5.78. The van der Waals surface area contributed by atoms with E-state index >= 15 is 0 Å². The van der Waals surface area contributed by atoms with Crippen LogP contribution in [0.15, 0.2) is 35.3 Å². The number of halogens is 2. The lowest BCUT2D eigenvalue weighted by Gasteiger charge is -2.09. The fourth-order valence-corrected chi connectivity index (χ4v) is 2.75. The van der Waals surface area contributed by atoms with Gasteiger partial charge in [-0.05, 0) is 25.5 Å². The van der Waals surface area contributed by atoms with E-state index in [2.05, 4.69) is 15.0 Å². The molecule has 0 N–H and O–H groups in total. The van der Waals surface area contributed by atoms with E-state index in [9.17, 15) is 0 Å². The number of benzene rings is 1. The Hall–Kier alpha value is -1.65. The van der Waals surface area contributed by atoms with Gasteiger partial charge in [-0.1, -0.05) is 41.4 Å². The smallest absolute Gasteiger partial charge is 0.217 e. The standard InChI is InChI=1S/C16H15Cl2N3O/c1-16(2)9-22-15(21-16)11-6-4-3-5-10(11)7-14-19-12(17)8-13(18)20-14/h3-6,8H,7,9H2,1-2H3. The number of aromatic nitrogens is 2. The zero-order valence-electron chi connectivity index (χ0n) is 12.3. The first kappa shape index (κ1) is 15.3. The molecular formula is C16H15Cl2N3O. The van der Waals surface area contributed by atoms with E-state index in [4.69, 9.17) is 27.9 Å². The molecule has 0 aliphatic carbocycles. The molecule has 0 atom stereocenters. The van der Waals surface area contributed by atoms with Crippen molar-refractivity contribution in [3.05, 3.63) is 57.6 Å². The van der Waals surface area contributed by atoms with E-state index in [0.717, 1.165) is 11.1 Å². The van der Waals surface area contributed by atoms with Crippen molar-refractivity contribution in [2.24, 2.45) is 4.99 Å². The molecule has 0 unspecified atom stereocenters. The monoisotopic (exact) mass is 335 g/mol. The van der Waals surface area contributed by atoms with Crippen molar-refractivity contribution in [2.45, 2.75) is 25.8 Å². The highest BCUT2D eigenvalue weighted by atomic mass is 35.5. The first-order valence-corrected chi connectivity index (χ1v) is 7.68. The normalized spacial score (nSPS) is 16.3. The van der Waals surface area contributed by atoms with Gasteiger partial charge in [0, 0.05) is 18.1 Å². The second-order valence-corrected chi connectivity index (χ2v) is 6.56. The van der Waals surface area contributed by atoms with Crippen LogP contribution in [-0.4, -0.2) is 28.0 Å². The van der Waals surface area contributed by atoms with Gasteiger partial charge in [0.1, 0.15) is 22.7 Å². The van der Waals surface area contributed by atoms with Crippen LogP contribution in [-0.2, 0) is 11.2 Å². The van der Waals surface area contributed by atoms with Gasteiger partial charge in [-0.15, -0.1) is 0 Å². The van der Waals surface area contributed by atoms with Crippen LogP contribution in [0.5, 0.6) is 0 Å². The summed E-state index contributed by atoms with van der Waals surface area (Å²) in [5.41, 5.74) is 1.78. The lowest BCUT2D eigenvalue weighted by Crippen LogP contribution is -2.17. The number of ether oxygens (including phenoxy) is 1. The van der Waals surface area contributed by atoms with Crippen molar-refractivity contribution in [3.8, 4) is 0 Å². The fourth-order valence-electron chi connectivity index (χ4n) is 2.29. The quantitative estimate of drug-likeness (QED) is 0.798. The molecule has 1 aliphatic heterocycles. The highest BCUT2D eigenvalue weighted by Gasteiger charge is 2.28. The molecule has 22 heavy (non-hydrogen) atoms. The van der Waals surface area contributed by atoms with Crippen LogP contribution in [0.4, 0.5) is 0 Å². The topological polar surface area (TPSA) is 47.4 Å². The summed E-state index contributed by atoms with van der Waals surface area (Å²) in [6.45, 7) is 4.67. The van der Waals surface area contributed by atoms with Gasteiger partial charge in [-0.2, -0.15) is 0 Å². The van der Waals surface area contributed by atoms with Gasteiger partial charge in [-0.3, -0.25) is 0 Å². The molecule has 114 valence electrons. The zero-order valence-corrected chi connectivity index (χ0v) is 13.8. The third-order valence-corrected chi connectivity index (χ3v) is 3.66. The number of rotatable bonds is 3. The van der Waals surface area contributed by atoms with Crippen LogP contribution in [0.3, 0.4) is 0 Å². The van der Waals surface area contributed by atoms with Crippen molar-refractivity contribution < 1.29 is 4.74 Å². The lowest BCUT2D eigenvalue weighted by atomic mass is 10.0. The van der Waals surface area contributed by atoms with Crippen LogP contribution < -0.4 is 0 Å². The Bertz CT molecular complexity index is 724. The molecule has 1 aliphatic rings. The van der Waals surface area contributed by atoms with Crippen molar-refractivity contribution in [1.82, 2.24) is 9.97 Å². The number of nitrogens with zero attached hydrogens (tertiary/aromatic N) is 3. The Morgan fingerprint density at radius 3 is 2.45 bits per heavy atom. The predicted octanol–water partition coefficient (Wildman–Crippen LogP) is 3.93. The number of aliphatic imine (C=N–C) groups is 1. The minimum Gasteiger partial charge on any atom is -0.475 e. The van der Waals surface area contributed by atoms with Crippen molar-refractivity contribution >= 4 is 29.1 Å². The van der Waals surface area contributed by atoms with Crippen LogP contribution >= 0.6 is 23.2 Å². The third-order valence-electron chi connectivity index (χ3n) is 3.27. The molecule has 3 rings (SSSR count). The molecule has 0 fully saturated rings. The maximum Gasteiger partial charge on any atom is 0.217 e. The fraction of sp³-hybridized carbons (Fsp3) is 0.312. The molecule has 0 saturated heterocycles. The van der Waals surface area contributed by atoms with E-state index in [1.807, 2.05) is 38.1 Å². The average molecular weight is 336 g/mol. The van der Waals surface area contributed by atoms with E-state index in [-0.39, 0.29) is 5.54 Å². The van der Waals surface area contributed by atoms with Crippen LogP contribution in [0.1, 0.15) is 30.8 Å². The molecule has 0 amide bonds. The molecule has 0 saturated carbocycles. The van der Waals surface area contributed by atoms with Crippen molar-refractivity contribution in [2.75, 3.05) is 6.61 Å². The molecule has 0 radical (unpaired) electrons. The maximum atomic E-state index is 5.94. The predicted molar refractivity (Wildman–Crippen MR) is 87.9 cm³/mol. The number of hydrogen-bond donors (Lipinski definition) is 0. The number of hydrogen-bond acceptors (Lipinski definition) is 4. The zero-order chi connectivity index (χ0) is 15.7. The average Bonchev–Trinajstić information content (AvgIpc) is 2.78. The summed E-state index contributed by atoms with van der Waals surface area (Å²) in [5.74, 6) is 1.23. The summed E-state index contributed by atoms with van der Waals surface area (Å²) in [4.78, 5) is 13.1. The Labute approximate surface area is 139 Å². The summed E-state index contributed by atoms with van der Waals surface area (Å²) in [6.07, 6.45) is 0.513. The molecule has 0 spiro atoms. The lowest BCUT2D eigenvalue weighted by molar-refractivity contribution is 0.279. The van der Waals surface area contributed by atoms with E-state index in [1.165, 1.54) is 6.07 Å². The van der Waals surface area contributed by atoms with Crippen LogP contribution in [0.2, 0.25) is 10.3 Å². The summed E-state index contributed by atoms with van der Waals surface area (Å²) >= 11 is 11.9. The SMILES string of the molecule is CC1(C)COC(c2ccccc2Cc2nc(Cl)cc(Cl)n2)=N1. The molecule has 1 aromatic carbocycles. The largest absolute Gasteiger partial charge is 0.475 e. The van der Waals surface area contributed by atoms with Crippen molar-refractivity contribution in [3.63, 3.8) is 0 Å². The van der Waals surface area contributed by atoms with Gasteiger partial charge < -0.3 is 4.74 Å². The summed E-state index contributed by atoms with van der Waals surface area (Å²) in [6, 6.07) is 9.44. The van der Waals surface area contributed by atoms with Crippen LogP contribution in [0, 0.1) is 0 Å². The molecule has 2 aromatic rings. The molecule has 0 bridgehead atoms. The molecule has 2 heterocycles. The summed E-state index contributed by atoms with van der Waals surface area (Å²) < 4.78 is 5.74. The minimum absolute atomic E-state index is 0.196. The van der Waals surface area contributed by atoms with Gasteiger partial charge in [0.15, 0.2) is 0 Å². The van der Waals surface area contributed by atoms with E-state index in [0.29, 0.717) is 35.1 Å². The molecule has 4 nitrogen and oxygen atoms in total. The first-order chi connectivity index (χ1) is 10.4. The van der Waals surface area contributed by atoms with Gasteiger partial charge >= 0.3 is 0 Å². The van der Waals surface area contributed by atoms with Gasteiger partial charge in [-0.25, -0.2) is 15.0 Å². The molecule has 6 heteroatoms. The second kappa shape index (κ2) is 5.86. The Morgan fingerprint density at radius 1 is 1.14 bits per heavy atom. The highest BCUT2D eigenvalue weighted by molar-refractivity contribution is 6.33. The van der Waals surface area contributed by atoms with E-state index in [1.54, 1.807) is 0 Å². The van der Waals surface area contributed by atoms with Crippen molar-refractivity contribution in [1.29, 1.82) is 0 Å². The highest BCUT2D eigenvalue weighted by Crippen LogP contribution is 2.24. The first-order valence-electron chi connectivity index (χ1n) is 6.93. The van der Waals surface area contributed by atoms with Gasteiger partial charge in [0.25, 0.3) is 0 Å². The third kappa shape index (κ3) is 3.39. The van der Waals surface area contributed by atoms with Gasteiger partial charge in [0.2, 0.25) is 5.90 Å².